The Labute approximate surface area is 185 Å². The normalized spacial score (nSPS) is 26.0. The Bertz CT molecular complexity index is 707. The van der Waals surface area contributed by atoms with E-state index in [1.54, 1.807) is 6.07 Å². The molecule has 0 unspecified atom stereocenters. The lowest BCUT2D eigenvalue weighted by molar-refractivity contribution is -0.137. The third kappa shape index (κ3) is 5.55. The quantitative estimate of drug-likeness (QED) is 0.700. The maximum absolute atomic E-state index is 13.1. The summed E-state index contributed by atoms with van der Waals surface area (Å²) in [6.07, 6.45) is 0.755. The van der Waals surface area contributed by atoms with Crippen molar-refractivity contribution in [2.24, 2.45) is 0 Å². The largest absolute Gasteiger partial charge is 0.416 e. The molecular formula is C24H37F3N4. The molecule has 0 saturated carbocycles. The number of piperazine rings is 1. The molecular weight excluding hydrogens is 401 g/mol. The fourth-order valence-electron chi connectivity index (χ4n) is 5.60. The van der Waals surface area contributed by atoms with Gasteiger partial charge in [0.25, 0.3) is 0 Å². The Morgan fingerprint density at radius 1 is 0.839 bits per heavy atom. The summed E-state index contributed by atoms with van der Waals surface area (Å²) in [6.45, 7) is 12.8. The van der Waals surface area contributed by atoms with Crippen LogP contribution >= 0.6 is 0 Å². The number of likely N-dealkylation sites (tertiary alicyclic amines) is 2. The number of hydrogen-bond acceptors (Lipinski definition) is 4. The van der Waals surface area contributed by atoms with Crippen molar-refractivity contribution >= 4 is 5.69 Å². The number of hydrogen-bond donors (Lipinski definition) is 0. The van der Waals surface area contributed by atoms with Gasteiger partial charge in [0, 0.05) is 56.5 Å². The summed E-state index contributed by atoms with van der Waals surface area (Å²) in [4.78, 5) is 10.0. The van der Waals surface area contributed by atoms with Crippen LogP contribution in [0.15, 0.2) is 24.3 Å². The predicted octanol–water partition coefficient (Wildman–Crippen LogP) is 4.16. The van der Waals surface area contributed by atoms with Crippen molar-refractivity contribution in [3.05, 3.63) is 29.8 Å². The molecule has 31 heavy (non-hydrogen) atoms. The van der Waals surface area contributed by atoms with Crippen molar-refractivity contribution in [1.29, 1.82) is 0 Å². The van der Waals surface area contributed by atoms with Crippen LogP contribution in [-0.4, -0.2) is 85.2 Å². The third-order valence-electron chi connectivity index (χ3n) is 7.54. The van der Waals surface area contributed by atoms with Gasteiger partial charge in [-0.1, -0.05) is 6.07 Å². The van der Waals surface area contributed by atoms with Crippen LogP contribution in [0.5, 0.6) is 0 Å². The fraction of sp³-hybridized carbons (Fsp3) is 0.750. The number of piperidine rings is 2. The van der Waals surface area contributed by atoms with Crippen LogP contribution in [0.25, 0.3) is 0 Å². The molecule has 174 valence electrons. The zero-order chi connectivity index (χ0) is 22.0. The van der Waals surface area contributed by atoms with Gasteiger partial charge in [0.1, 0.15) is 0 Å². The van der Waals surface area contributed by atoms with Crippen LogP contribution in [0.4, 0.5) is 18.9 Å². The first-order valence-corrected chi connectivity index (χ1v) is 12.0. The highest BCUT2D eigenvalue weighted by Crippen LogP contribution is 2.32. The molecule has 3 fully saturated rings. The molecule has 1 aromatic carbocycles. The van der Waals surface area contributed by atoms with E-state index in [0.29, 0.717) is 23.8 Å². The summed E-state index contributed by atoms with van der Waals surface area (Å²) in [7, 11) is 0. The van der Waals surface area contributed by atoms with Crippen LogP contribution < -0.4 is 4.90 Å². The van der Waals surface area contributed by atoms with Gasteiger partial charge in [-0.05, 0) is 77.4 Å². The zero-order valence-electron chi connectivity index (χ0n) is 18.9. The van der Waals surface area contributed by atoms with E-state index < -0.39 is 11.7 Å². The Kier molecular flexibility index (Phi) is 7.14. The summed E-state index contributed by atoms with van der Waals surface area (Å²) >= 11 is 0. The third-order valence-corrected chi connectivity index (χ3v) is 7.54. The van der Waals surface area contributed by atoms with Crippen LogP contribution in [0, 0.1) is 0 Å². The molecule has 1 atom stereocenters. The summed E-state index contributed by atoms with van der Waals surface area (Å²) < 4.78 is 39.2. The average molecular weight is 439 g/mol. The molecule has 3 aliphatic heterocycles. The van der Waals surface area contributed by atoms with E-state index in [1.807, 2.05) is 0 Å². The first-order valence-electron chi connectivity index (χ1n) is 12.0. The minimum Gasteiger partial charge on any atom is -0.369 e. The topological polar surface area (TPSA) is 13.0 Å². The van der Waals surface area contributed by atoms with E-state index in [9.17, 15) is 13.2 Å². The second-order valence-corrected chi connectivity index (χ2v) is 9.72. The van der Waals surface area contributed by atoms with Crippen molar-refractivity contribution in [3.8, 4) is 0 Å². The first kappa shape index (κ1) is 22.9. The van der Waals surface area contributed by atoms with Crippen LogP contribution in [0.1, 0.15) is 45.1 Å². The van der Waals surface area contributed by atoms with E-state index in [1.165, 1.54) is 57.5 Å². The standard InChI is InChI=1S/C24H37F3N4/c1-19(2)28-11-8-21(9-12-28)31-10-4-7-23(18-31)30-15-13-29(14-16-30)22-6-3-5-20(17-22)24(25,26)27/h3,5-6,17,19,21,23H,4,7-16,18H2,1-2H3/t23-/m1/s1. The van der Waals surface area contributed by atoms with Crippen LogP contribution in [0.3, 0.4) is 0 Å². The van der Waals surface area contributed by atoms with Gasteiger partial charge in [0.2, 0.25) is 0 Å². The van der Waals surface area contributed by atoms with Gasteiger partial charge in [-0.3, -0.25) is 9.80 Å². The number of nitrogens with zero attached hydrogens (tertiary/aromatic N) is 4. The molecule has 0 spiro atoms. The molecule has 0 bridgehead atoms. The van der Waals surface area contributed by atoms with Gasteiger partial charge in [-0.25, -0.2) is 0 Å². The molecule has 3 saturated heterocycles. The molecule has 4 nitrogen and oxygen atoms in total. The summed E-state index contributed by atoms with van der Waals surface area (Å²) in [5.41, 5.74) is 0.135. The number of rotatable bonds is 4. The summed E-state index contributed by atoms with van der Waals surface area (Å²) in [5.74, 6) is 0. The van der Waals surface area contributed by atoms with E-state index in [2.05, 4.69) is 33.4 Å². The minimum atomic E-state index is -4.28. The fourth-order valence-corrected chi connectivity index (χ4v) is 5.60. The first-order chi connectivity index (χ1) is 14.8. The van der Waals surface area contributed by atoms with Crippen LogP contribution in [0.2, 0.25) is 0 Å². The lowest BCUT2D eigenvalue weighted by Gasteiger charge is -2.47. The summed E-state index contributed by atoms with van der Waals surface area (Å²) in [5, 5.41) is 0. The lowest BCUT2D eigenvalue weighted by Crippen LogP contribution is -2.57. The van der Waals surface area contributed by atoms with Crippen molar-refractivity contribution in [1.82, 2.24) is 14.7 Å². The second kappa shape index (κ2) is 9.67. The molecule has 0 aliphatic carbocycles. The van der Waals surface area contributed by atoms with Gasteiger partial charge >= 0.3 is 6.18 Å². The Morgan fingerprint density at radius 2 is 1.55 bits per heavy atom. The van der Waals surface area contributed by atoms with Gasteiger partial charge < -0.3 is 9.80 Å². The Balaban J connectivity index is 1.29. The number of anilines is 1. The highest BCUT2D eigenvalue weighted by Gasteiger charge is 2.34. The molecule has 3 aliphatic rings. The van der Waals surface area contributed by atoms with Crippen LogP contribution in [-0.2, 0) is 6.18 Å². The van der Waals surface area contributed by atoms with E-state index >= 15 is 0 Å². The van der Waals surface area contributed by atoms with Crippen molar-refractivity contribution < 1.29 is 13.2 Å². The smallest absolute Gasteiger partial charge is 0.369 e. The van der Waals surface area contributed by atoms with Gasteiger partial charge in [0.15, 0.2) is 0 Å². The molecule has 1 aromatic rings. The highest BCUT2D eigenvalue weighted by molar-refractivity contribution is 5.49. The van der Waals surface area contributed by atoms with Gasteiger partial charge in [-0.15, -0.1) is 0 Å². The van der Waals surface area contributed by atoms with E-state index in [-0.39, 0.29) is 0 Å². The maximum Gasteiger partial charge on any atom is 0.416 e. The highest BCUT2D eigenvalue weighted by atomic mass is 19.4. The molecule has 3 heterocycles. The predicted molar refractivity (Wildman–Crippen MR) is 120 cm³/mol. The zero-order valence-corrected chi connectivity index (χ0v) is 18.9. The van der Waals surface area contributed by atoms with Gasteiger partial charge in [-0.2, -0.15) is 13.2 Å². The number of halogens is 3. The van der Waals surface area contributed by atoms with E-state index in [4.69, 9.17) is 0 Å². The molecule has 7 heteroatoms. The minimum absolute atomic E-state index is 0.557. The van der Waals surface area contributed by atoms with E-state index in [0.717, 1.165) is 38.8 Å². The van der Waals surface area contributed by atoms with Gasteiger partial charge in [0.05, 0.1) is 5.56 Å². The monoisotopic (exact) mass is 438 g/mol. The lowest BCUT2D eigenvalue weighted by atomic mass is 9.96. The number of alkyl halides is 3. The molecule has 0 aromatic heterocycles. The summed E-state index contributed by atoms with van der Waals surface area (Å²) in [6, 6.07) is 7.71. The SMILES string of the molecule is CC(C)N1CCC(N2CCC[C@@H](N3CCN(c4cccc(C(F)(F)F)c4)CC3)C2)CC1. The molecule has 0 N–H and O–H groups in total. The average Bonchev–Trinajstić information content (AvgIpc) is 2.79. The van der Waals surface area contributed by atoms with Crippen molar-refractivity contribution in [3.63, 3.8) is 0 Å². The van der Waals surface area contributed by atoms with Crippen molar-refractivity contribution in [2.75, 3.05) is 57.3 Å². The molecule has 0 radical (unpaired) electrons. The molecule has 0 amide bonds. The molecule has 4 rings (SSSR count). The Hall–Kier alpha value is -1.31. The maximum atomic E-state index is 13.1. The second-order valence-electron chi connectivity index (χ2n) is 9.72. The van der Waals surface area contributed by atoms with Crippen molar-refractivity contribution in [2.45, 2.75) is 63.8 Å². The number of benzene rings is 1. The Morgan fingerprint density at radius 3 is 2.19 bits per heavy atom.